The molecule has 1 atom stereocenters. The highest BCUT2D eigenvalue weighted by atomic mass is 14.9. The number of nitrogens with one attached hydrogen (secondary N) is 1. The first kappa shape index (κ1) is 13.8. The fourth-order valence-electron chi connectivity index (χ4n) is 3.12. The highest BCUT2D eigenvalue weighted by Crippen LogP contribution is 2.40. The van der Waals surface area contributed by atoms with Crippen LogP contribution in [0.5, 0.6) is 0 Å². The lowest BCUT2D eigenvalue weighted by Crippen LogP contribution is -2.44. The van der Waals surface area contributed by atoms with E-state index >= 15 is 0 Å². The van der Waals surface area contributed by atoms with Gasteiger partial charge in [0, 0.05) is 6.04 Å². The lowest BCUT2D eigenvalue weighted by atomic mass is 9.69. The van der Waals surface area contributed by atoms with Gasteiger partial charge in [-0.15, -0.1) is 6.58 Å². The van der Waals surface area contributed by atoms with Gasteiger partial charge in [-0.3, -0.25) is 0 Å². The summed E-state index contributed by atoms with van der Waals surface area (Å²) in [5, 5.41) is 3.72. The molecule has 1 rings (SSSR count). The molecule has 1 aliphatic rings. The van der Waals surface area contributed by atoms with Crippen molar-refractivity contribution in [1.82, 2.24) is 5.32 Å². The normalized spacial score (nSPS) is 21.6. The van der Waals surface area contributed by atoms with Gasteiger partial charge in [0.1, 0.15) is 0 Å². The SMILES string of the molecule is C=CCCCC(NCC)C1(C)CCCCC1. The van der Waals surface area contributed by atoms with Crippen molar-refractivity contribution in [3.8, 4) is 0 Å². The van der Waals surface area contributed by atoms with Crippen molar-refractivity contribution in [2.24, 2.45) is 5.41 Å². The van der Waals surface area contributed by atoms with Crippen molar-refractivity contribution in [3.63, 3.8) is 0 Å². The Kier molecular flexibility index (Phi) is 6.12. The van der Waals surface area contributed by atoms with Crippen molar-refractivity contribution in [2.45, 2.75) is 71.3 Å². The van der Waals surface area contributed by atoms with E-state index in [-0.39, 0.29) is 0 Å². The molecule has 0 aromatic heterocycles. The summed E-state index contributed by atoms with van der Waals surface area (Å²) in [6, 6.07) is 0.720. The molecule has 16 heavy (non-hydrogen) atoms. The molecule has 1 saturated carbocycles. The maximum absolute atomic E-state index is 3.81. The summed E-state index contributed by atoms with van der Waals surface area (Å²) in [6.07, 6.45) is 13.0. The molecule has 0 aromatic carbocycles. The predicted molar refractivity (Wildman–Crippen MR) is 72.7 cm³/mol. The van der Waals surface area contributed by atoms with E-state index in [9.17, 15) is 0 Å². The number of unbranched alkanes of at least 4 members (excludes halogenated alkanes) is 1. The van der Waals surface area contributed by atoms with Crippen LogP contribution in [0.2, 0.25) is 0 Å². The van der Waals surface area contributed by atoms with Crippen molar-refractivity contribution in [1.29, 1.82) is 0 Å². The minimum Gasteiger partial charge on any atom is -0.314 e. The van der Waals surface area contributed by atoms with Gasteiger partial charge in [0.25, 0.3) is 0 Å². The molecule has 1 N–H and O–H groups in total. The molecule has 0 spiro atoms. The van der Waals surface area contributed by atoms with Gasteiger partial charge in [-0.25, -0.2) is 0 Å². The smallest absolute Gasteiger partial charge is 0.0121 e. The van der Waals surface area contributed by atoms with Gasteiger partial charge >= 0.3 is 0 Å². The summed E-state index contributed by atoms with van der Waals surface area (Å²) in [6.45, 7) is 9.64. The zero-order valence-corrected chi connectivity index (χ0v) is 11.2. The Morgan fingerprint density at radius 3 is 2.56 bits per heavy atom. The van der Waals surface area contributed by atoms with Crippen LogP contribution >= 0.6 is 0 Å². The number of rotatable bonds is 7. The quantitative estimate of drug-likeness (QED) is 0.501. The fraction of sp³-hybridized carbons (Fsp3) is 0.867. The lowest BCUT2D eigenvalue weighted by Gasteiger charge is -2.41. The first-order valence-electron chi connectivity index (χ1n) is 7.07. The molecule has 0 radical (unpaired) electrons. The van der Waals surface area contributed by atoms with E-state index < -0.39 is 0 Å². The highest BCUT2D eigenvalue weighted by Gasteiger charge is 2.34. The highest BCUT2D eigenvalue weighted by molar-refractivity contribution is 4.90. The van der Waals surface area contributed by atoms with Gasteiger partial charge in [0.2, 0.25) is 0 Å². The largest absolute Gasteiger partial charge is 0.314 e. The second-order valence-electron chi connectivity index (χ2n) is 5.54. The molecule has 0 bridgehead atoms. The minimum absolute atomic E-state index is 0.551. The van der Waals surface area contributed by atoms with Crippen molar-refractivity contribution >= 4 is 0 Å². The Balaban J connectivity index is 2.48. The Morgan fingerprint density at radius 2 is 2.00 bits per heavy atom. The summed E-state index contributed by atoms with van der Waals surface area (Å²) in [7, 11) is 0. The molecule has 1 nitrogen and oxygen atoms in total. The second kappa shape index (κ2) is 7.11. The number of allylic oxidation sites excluding steroid dienone is 1. The van der Waals surface area contributed by atoms with Gasteiger partial charge < -0.3 is 5.32 Å². The maximum Gasteiger partial charge on any atom is 0.0121 e. The minimum atomic E-state index is 0.551. The third-order valence-electron chi connectivity index (χ3n) is 4.19. The average molecular weight is 223 g/mol. The van der Waals surface area contributed by atoms with Crippen molar-refractivity contribution in [2.75, 3.05) is 6.54 Å². The molecule has 0 aromatic rings. The Bertz CT molecular complexity index is 192. The topological polar surface area (TPSA) is 12.0 Å². The van der Waals surface area contributed by atoms with E-state index in [0.29, 0.717) is 5.41 Å². The van der Waals surface area contributed by atoms with E-state index in [1.54, 1.807) is 0 Å². The Morgan fingerprint density at radius 1 is 1.31 bits per heavy atom. The molecule has 1 heteroatoms. The number of hydrogen-bond acceptors (Lipinski definition) is 1. The molecule has 0 amide bonds. The van der Waals surface area contributed by atoms with Crippen LogP contribution in [0.15, 0.2) is 12.7 Å². The molecular weight excluding hydrogens is 194 g/mol. The molecule has 0 heterocycles. The molecule has 0 saturated heterocycles. The summed E-state index contributed by atoms with van der Waals surface area (Å²) >= 11 is 0. The average Bonchev–Trinajstić information content (AvgIpc) is 2.29. The zero-order chi connectivity index (χ0) is 11.9. The van der Waals surface area contributed by atoms with Crippen LogP contribution in [0.25, 0.3) is 0 Å². The molecule has 1 unspecified atom stereocenters. The summed E-state index contributed by atoms with van der Waals surface area (Å²) in [5.41, 5.74) is 0.551. The van der Waals surface area contributed by atoms with Gasteiger partial charge in [-0.1, -0.05) is 39.2 Å². The van der Waals surface area contributed by atoms with Crippen LogP contribution < -0.4 is 5.32 Å². The van der Waals surface area contributed by atoms with Crippen LogP contribution in [-0.2, 0) is 0 Å². The van der Waals surface area contributed by atoms with E-state index in [2.05, 4.69) is 25.7 Å². The third kappa shape index (κ3) is 3.93. The summed E-state index contributed by atoms with van der Waals surface area (Å²) in [5.74, 6) is 0. The van der Waals surface area contributed by atoms with Crippen LogP contribution in [-0.4, -0.2) is 12.6 Å². The van der Waals surface area contributed by atoms with E-state index in [4.69, 9.17) is 0 Å². The Hall–Kier alpha value is -0.300. The monoisotopic (exact) mass is 223 g/mol. The van der Waals surface area contributed by atoms with Crippen LogP contribution in [0.3, 0.4) is 0 Å². The predicted octanol–water partition coefficient (Wildman–Crippen LogP) is 4.29. The van der Waals surface area contributed by atoms with Gasteiger partial charge in [0.15, 0.2) is 0 Å². The zero-order valence-electron chi connectivity index (χ0n) is 11.2. The first-order chi connectivity index (χ1) is 7.73. The summed E-state index contributed by atoms with van der Waals surface area (Å²) < 4.78 is 0. The molecule has 94 valence electrons. The Labute approximate surface area is 102 Å². The van der Waals surface area contributed by atoms with E-state index in [1.807, 2.05) is 6.08 Å². The summed E-state index contributed by atoms with van der Waals surface area (Å²) in [4.78, 5) is 0. The van der Waals surface area contributed by atoms with E-state index in [0.717, 1.165) is 19.0 Å². The van der Waals surface area contributed by atoms with Crippen LogP contribution in [0.1, 0.15) is 65.2 Å². The molecule has 1 aliphatic carbocycles. The van der Waals surface area contributed by atoms with Crippen molar-refractivity contribution < 1.29 is 0 Å². The van der Waals surface area contributed by atoms with Crippen LogP contribution in [0.4, 0.5) is 0 Å². The van der Waals surface area contributed by atoms with Crippen molar-refractivity contribution in [3.05, 3.63) is 12.7 Å². The number of hydrogen-bond donors (Lipinski definition) is 1. The first-order valence-corrected chi connectivity index (χ1v) is 7.07. The standard InChI is InChI=1S/C15H29N/c1-4-6-8-11-14(16-5-2)15(3)12-9-7-10-13-15/h4,14,16H,1,5-13H2,2-3H3. The van der Waals surface area contributed by atoms with Gasteiger partial charge in [-0.05, 0) is 44.1 Å². The molecule has 0 aliphatic heterocycles. The van der Waals surface area contributed by atoms with Gasteiger partial charge in [-0.2, -0.15) is 0 Å². The van der Waals surface area contributed by atoms with E-state index in [1.165, 1.54) is 44.9 Å². The van der Waals surface area contributed by atoms with Gasteiger partial charge in [0.05, 0.1) is 0 Å². The third-order valence-corrected chi connectivity index (χ3v) is 4.19. The fourth-order valence-corrected chi connectivity index (χ4v) is 3.12. The van der Waals surface area contributed by atoms with Crippen LogP contribution in [0, 0.1) is 5.41 Å². The maximum atomic E-state index is 3.81. The second-order valence-corrected chi connectivity index (χ2v) is 5.54. The molecular formula is C15H29N. The molecule has 1 fully saturated rings. The lowest BCUT2D eigenvalue weighted by molar-refractivity contribution is 0.137.